The number of hydrogen-bond donors (Lipinski definition) is 7. The Bertz CT molecular complexity index is 1070. The van der Waals surface area contributed by atoms with Crippen LogP contribution in [0.2, 0.25) is 0 Å². The van der Waals surface area contributed by atoms with Gasteiger partial charge in [-0.15, -0.1) is 0 Å². The molecule has 1 amide bonds. The van der Waals surface area contributed by atoms with Crippen LogP contribution in [-0.4, -0.2) is 98.1 Å². The van der Waals surface area contributed by atoms with E-state index in [1.54, 1.807) is 0 Å². The van der Waals surface area contributed by atoms with Crippen molar-refractivity contribution in [2.45, 2.75) is 128 Å². The summed E-state index contributed by atoms with van der Waals surface area (Å²) in [5.41, 5.74) is -0.446. The number of carbonyl (C=O) groups excluding carboxylic acids is 2. The zero-order chi connectivity index (χ0) is 32.1. The van der Waals surface area contributed by atoms with Crippen molar-refractivity contribution in [1.82, 2.24) is 5.32 Å². The van der Waals surface area contributed by atoms with Crippen LogP contribution in [-0.2, 0) is 19.1 Å². The molecule has 0 spiro atoms. The van der Waals surface area contributed by atoms with Gasteiger partial charge < -0.3 is 45.4 Å². The third-order valence-electron chi connectivity index (χ3n) is 13.0. The number of nitrogens with one attached hydrogen (secondary N) is 1. The molecule has 1 unspecified atom stereocenters. The first-order valence-electron chi connectivity index (χ1n) is 16.5. The number of rotatable bonds is 8. The molecule has 0 aromatic rings. The minimum atomic E-state index is -1.56. The first-order chi connectivity index (χ1) is 20.8. The Hall–Kier alpha value is -1.60. The molecule has 11 heteroatoms. The zero-order valence-electron chi connectivity index (χ0n) is 26.3. The maximum atomic E-state index is 12.9. The van der Waals surface area contributed by atoms with Gasteiger partial charge in [-0.25, -0.2) is 4.79 Å². The molecule has 4 saturated carbocycles. The molecule has 1 heterocycles. The van der Waals surface area contributed by atoms with Gasteiger partial charge in [-0.2, -0.15) is 0 Å². The second kappa shape index (κ2) is 12.9. The number of ether oxygens (including phenoxy) is 2. The van der Waals surface area contributed by atoms with Gasteiger partial charge in [0.15, 0.2) is 6.29 Å². The van der Waals surface area contributed by atoms with Crippen molar-refractivity contribution >= 4 is 11.9 Å². The molecule has 7 N–H and O–H groups in total. The lowest BCUT2D eigenvalue weighted by Crippen LogP contribution is -2.64. The van der Waals surface area contributed by atoms with Crippen molar-refractivity contribution in [2.75, 3.05) is 6.61 Å². The van der Waals surface area contributed by atoms with E-state index < -0.39 is 66.8 Å². The largest absolute Gasteiger partial charge is 0.459 e. The van der Waals surface area contributed by atoms with Gasteiger partial charge in [-0.3, -0.25) is 4.79 Å². The van der Waals surface area contributed by atoms with Crippen LogP contribution in [0.25, 0.3) is 0 Å². The quantitative estimate of drug-likeness (QED) is 0.152. The first kappa shape index (κ1) is 33.8. The molecule has 0 bridgehead atoms. The number of esters is 1. The Morgan fingerprint density at radius 2 is 1.77 bits per heavy atom. The van der Waals surface area contributed by atoms with Crippen molar-refractivity contribution in [3.05, 3.63) is 12.7 Å². The number of aliphatic hydroxyl groups excluding tert-OH is 6. The second-order valence-corrected chi connectivity index (χ2v) is 15.0. The average molecular weight is 624 g/mol. The normalized spacial score (nSPS) is 49.2. The van der Waals surface area contributed by atoms with Gasteiger partial charge in [0.2, 0.25) is 5.91 Å². The van der Waals surface area contributed by atoms with Crippen molar-refractivity contribution in [3.8, 4) is 0 Å². The van der Waals surface area contributed by atoms with Gasteiger partial charge in [-0.05, 0) is 97.7 Å². The number of hydrogen-bond acceptors (Lipinski definition) is 10. The van der Waals surface area contributed by atoms with E-state index in [1.807, 2.05) is 0 Å². The lowest BCUT2D eigenvalue weighted by molar-refractivity contribution is -0.253. The second-order valence-electron chi connectivity index (χ2n) is 15.0. The van der Waals surface area contributed by atoms with E-state index in [0.29, 0.717) is 19.3 Å². The fourth-order valence-electron chi connectivity index (χ4n) is 10.5. The van der Waals surface area contributed by atoms with Crippen molar-refractivity contribution in [1.29, 1.82) is 0 Å². The van der Waals surface area contributed by atoms with Crippen LogP contribution >= 0.6 is 0 Å². The molecule has 5 fully saturated rings. The van der Waals surface area contributed by atoms with Gasteiger partial charge in [0, 0.05) is 12.5 Å². The summed E-state index contributed by atoms with van der Waals surface area (Å²) in [5, 5.41) is 66.1. The van der Waals surface area contributed by atoms with Crippen LogP contribution in [0.3, 0.4) is 0 Å². The first-order valence-corrected chi connectivity index (χ1v) is 16.5. The van der Waals surface area contributed by atoms with Gasteiger partial charge >= 0.3 is 5.97 Å². The molecule has 0 radical (unpaired) electrons. The molecule has 5 rings (SSSR count). The van der Waals surface area contributed by atoms with E-state index in [9.17, 15) is 40.2 Å². The van der Waals surface area contributed by atoms with Crippen LogP contribution in [0.1, 0.15) is 78.6 Å². The van der Waals surface area contributed by atoms with E-state index >= 15 is 0 Å². The average Bonchev–Trinajstić information content (AvgIpc) is 3.35. The Labute approximate surface area is 260 Å². The molecule has 11 nitrogen and oxygen atoms in total. The van der Waals surface area contributed by atoms with Crippen LogP contribution in [0.5, 0.6) is 0 Å². The number of fused-ring (bicyclic) bond motifs is 5. The Morgan fingerprint density at radius 3 is 2.45 bits per heavy atom. The monoisotopic (exact) mass is 623 g/mol. The maximum absolute atomic E-state index is 12.9. The fraction of sp³-hybridized carbons (Fsp3) is 0.879. The van der Waals surface area contributed by atoms with Gasteiger partial charge in [0.1, 0.15) is 30.5 Å². The van der Waals surface area contributed by atoms with E-state index in [-0.39, 0.29) is 53.4 Å². The van der Waals surface area contributed by atoms with E-state index in [1.165, 1.54) is 6.08 Å². The lowest BCUT2D eigenvalue weighted by Gasteiger charge is -2.63. The van der Waals surface area contributed by atoms with E-state index in [2.05, 4.69) is 32.7 Å². The highest BCUT2D eigenvalue weighted by molar-refractivity contribution is 5.81. The number of amides is 1. The highest BCUT2D eigenvalue weighted by Gasteiger charge is 2.66. The molecule has 44 heavy (non-hydrogen) atoms. The summed E-state index contributed by atoms with van der Waals surface area (Å²) >= 11 is 0. The number of carbonyl (C=O) groups is 2. The van der Waals surface area contributed by atoms with Crippen LogP contribution in [0, 0.1) is 46.3 Å². The smallest absolute Gasteiger partial charge is 0.330 e. The third kappa shape index (κ3) is 5.75. The molecule has 250 valence electrons. The standard InChI is InChI=1S/C33H53NO10/c1-5-26(39)43-18-10-11-32(3)17(12-18)13-22(36)27-20-8-7-19(33(20,4)24(37)14-21(27)32)16(2)6-9-25(38)34-28-30(41)29(40)23(15-35)44-31(28)42/h5,16-24,27-31,35-37,40-42H,1,6-15H2,2-4H3,(H,34,38)/t16-,17+,18-,19-,20+,21+,22-,23-,24+,27+,28-,29-,30-,31?,32+,33-/m0/s1. The molecule has 0 aromatic carbocycles. The summed E-state index contributed by atoms with van der Waals surface area (Å²) in [5.74, 6) is 0.0899. The number of aliphatic hydroxyl groups is 6. The Balaban J connectivity index is 1.22. The molecule has 0 aromatic heterocycles. The third-order valence-corrected chi connectivity index (χ3v) is 13.0. The maximum Gasteiger partial charge on any atom is 0.330 e. The van der Waals surface area contributed by atoms with E-state index in [0.717, 1.165) is 32.1 Å². The van der Waals surface area contributed by atoms with Crippen LogP contribution in [0.15, 0.2) is 12.7 Å². The topological polar surface area (TPSA) is 186 Å². The Morgan fingerprint density at radius 1 is 1.05 bits per heavy atom. The fourth-order valence-corrected chi connectivity index (χ4v) is 10.5. The summed E-state index contributed by atoms with van der Waals surface area (Å²) in [6.07, 6.45) is 0.513. The summed E-state index contributed by atoms with van der Waals surface area (Å²) in [6.45, 7) is 9.52. The molecular weight excluding hydrogens is 570 g/mol. The van der Waals surface area contributed by atoms with Crippen molar-refractivity contribution < 1.29 is 49.7 Å². The van der Waals surface area contributed by atoms with Crippen LogP contribution in [0.4, 0.5) is 0 Å². The molecule has 1 aliphatic heterocycles. The SMILES string of the molecule is C=CC(=O)O[C@H]1CC[C@]2(C)[C@H](C1)C[C@H](O)[C@H]1[C@H]2C[C@@H](O)[C@]2(C)[C@@H]1CC[C@H]2[C@@H](C)CCC(=O)N[C@@H]1C(O)O[C@@H](CO)[C@H](O)[C@H]1O. The molecule has 16 atom stereocenters. The van der Waals surface area contributed by atoms with Crippen molar-refractivity contribution in [3.63, 3.8) is 0 Å². The lowest BCUT2D eigenvalue weighted by atomic mass is 9.43. The Kier molecular flexibility index (Phi) is 9.89. The summed E-state index contributed by atoms with van der Waals surface area (Å²) in [7, 11) is 0. The molecule has 1 saturated heterocycles. The highest BCUT2D eigenvalue weighted by atomic mass is 16.6. The minimum Gasteiger partial charge on any atom is -0.459 e. The minimum absolute atomic E-state index is 0.0478. The molecule has 5 aliphatic rings. The van der Waals surface area contributed by atoms with Crippen LogP contribution < -0.4 is 5.32 Å². The predicted molar refractivity (Wildman–Crippen MR) is 158 cm³/mol. The van der Waals surface area contributed by atoms with Crippen molar-refractivity contribution in [2.24, 2.45) is 46.3 Å². The van der Waals surface area contributed by atoms with Gasteiger partial charge in [0.05, 0.1) is 18.8 Å². The van der Waals surface area contributed by atoms with Gasteiger partial charge in [-0.1, -0.05) is 27.4 Å². The predicted octanol–water partition coefficient (Wildman–Crippen LogP) is 1.02. The summed E-state index contributed by atoms with van der Waals surface area (Å²) in [4.78, 5) is 24.7. The summed E-state index contributed by atoms with van der Waals surface area (Å²) < 4.78 is 10.7. The van der Waals surface area contributed by atoms with E-state index in [4.69, 9.17) is 9.47 Å². The zero-order valence-corrected chi connectivity index (χ0v) is 26.3. The summed E-state index contributed by atoms with van der Waals surface area (Å²) in [6, 6.07) is -1.22. The molecule has 4 aliphatic carbocycles. The highest BCUT2D eigenvalue weighted by Crippen LogP contribution is 2.68. The van der Waals surface area contributed by atoms with Gasteiger partial charge in [0.25, 0.3) is 0 Å². The molecular formula is C33H53NO10.